The van der Waals surface area contributed by atoms with Gasteiger partial charge in [0, 0.05) is 50.4 Å². The molecule has 2 aromatic carbocycles. The molecule has 0 spiro atoms. The molecule has 2 amide bonds. The van der Waals surface area contributed by atoms with Crippen LogP contribution in [-0.4, -0.2) is 64.2 Å². The molecule has 5 nitrogen and oxygen atoms in total. The van der Waals surface area contributed by atoms with E-state index < -0.39 is 40.1 Å². The minimum Gasteiger partial charge on any atom is -0.380 e. The molecule has 3 aliphatic rings. The molecule has 0 saturated carbocycles. The number of carbonyl (C=O) groups excluding carboxylic acids is 2. The second kappa shape index (κ2) is 10.4. The number of rotatable bonds is 5. The van der Waals surface area contributed by atoms with E-state index in [2.05, 4.69) is 0 Å². The number of hydrogen-bond acceptors (Lipinski definition) is 3. The summed E-state index contributed by atoms with van der Waals surface area (Å²) >= 11 is 0. The normalized spacial score (nSPS) is 25.3. The first-order chi connectivity index (χ1) is 19.2. The van der Waals surface area contributed by atoms with Gasteiger partial charge in [0.15, 0.2) is 0 Å². The van der Waals surface area contributed by atoms with E-state index in [-0.39, 0.29) is 37.9 Å². The molecule has 10 heteroatoms. The van der Waals surface area contributed by atoms with Crippen LogP contribution < -0.4 is 0 Å². The molecule has 0 aromatic heterocycles. The van der Waals surface area contributed by atoms with Crippen molar-refractivity contribution < 1.29 is 36.6 Å². The molecule has 0 bridgehead atoms. The van der Waals surface area contributed by atoms with Gasteiger partial charge in [-0.25, -0.2) is 8.78 Å². The van der Waals surface area contributed by atoms with Gasteiger partial charge in [-0.1, -0.05) is 37.3 Å². The van der Waals surface area contributed by atoms with Gasteiger partial charge in [0.1, 0.15) is 11.4 Å². The average molecular weight is 579 g/mol. The molecule has 2 aliphatic heterocycles. The lowest BCUT2D eigenvalue weighted by molar-refractivity contribution is -0.228. The van der Waals surface area contributed by atoms with Crippen molar-refractivity contribution in [3.05, 3.63) is 70.5 Å². The van der Waals surface area contributed by atoms with Gasteiger partial charge in [-0.2, -0.15) is 13.2 Å². The number of piperidine rings is 1. The molecule has 0 radical (unpaired) electrons. The summed E-state index contributed by atoms with van der Waals surface area (Å²) in [5.74, 6) is -0.832. The van der Waals surface area contributed by atoms with Crippen LogP contribution in [0.25, 0.3) is 0 Å². The Labute approximate surface area is 236 Å². The Morgan fingerprint density at radius 1 is 1.00 bits per heavy atom. The van der Waals surface area contributed by atoms with Crippen LogP contribution in [0.15, 0.2) is 42.5 Å². The predicted octanol–water partition coefficient (Wildman–Crippen LogP) is 5.36. The number of hydrogen-bond donors (Lipinski definition) is 1. The summed E-state index contributed by atoms with van der Waals surface area (Å²) in [5.41, 5.74) is -4.15. The van der Waals surface area contributed by atoms with Gasteiger partial charge in [-0.05, 0) is 67.0 Å². The number of fused-ring (bicyclic) bond motifs is 3. The van der Waals surface area contributed by atoms with Gasteiger partial charge < -0.3 is 14.9 Å². The monoisotopic (exact) mass is 578 g/mol. The molecular weight excluding hydrogens is 543 g/mol. The zero-order valence-corrected chi connectivity index (χ0v) is 23.2. The highest BCUT2D eigenvalue weighted by Crippen LogP contribution is 2.51. The number of benzene rings is 2. The molecule has 5 rings (SSSR count). The number of nitrogens with zero attached hydrogens (tertiary/aromatic N) is 2. The van der Waals surface area contributed by atoms with E-state index in [4.69, 9.17) is 0 Å². The van der Waals surface area contributed by atoms with Crippen LogP contribution in [0.1, 0.15) is 68.2 Å². The van der Waals surface area contributed by atoms with Crippen molar-refractivity contribution in [3.8, 4) is 0 Å². The number of carbonyl (C=O) groups is 2. The van der Waals surface area contributed by atoms with E-state index >= 15 is 0 Å². The van der Waals surface area contributed by atoms with Crippen LogP contribution in [0, 0.1) is 5.82 Å². The highest BCUT2D eigenvalue weighted by atomic mass is 19.4. The Morgan fingerprint density at radius 2 is 1.66 bits per heavy atom. The zero-order valence-electron chi connectivity index (χ0n) is 23.2. The van der Waals surface area contributed by atoms with Crippen molar-refractivity contribution in [2.75, 3.05) is 19.6 Å². The van der Waals surface area contributed by atoms with E-state index in [0.29, 0.717) is 51.1 Å². The van der Waals surface area contributed by atoms with Crippen LogP contribution in [0.4, 0.5) is 22.0 Å². The molecule has 2 aromatic rings. The number of aliphatic hydroxyl groups is 1. The van der Waals surface area contributed by atoms with E-state index in [0.717, 1.165) is 11.1 Å². The van der Waals surface area contributed by atoms with E-state index in [1.165, 1.54) is 24.3 Å². The van der Waals surface area contributed by atoms with Crippen LogP contribution >= 0.6 is 0 Å². The highest BCUT2D eigenvalue weighted by Gasteiger charge is 2.57. The van der Waals surface area contributed by atoms with Gasteiger partial charge in [-0.15, -0.1) is 0 Å². The third-order valence-electron chi connectivity index (χ3n) is 9.55. The van der Waals surface area contributed by atoms with E-state index in [1.54, 1.807) is 34.9 Å². The molecule has 1 aliphatic carbocycles. The average Bonchev–Trinajstić information content (AvgIpc) is 3.32. The lowest BCUT2D eigenvalue weighted by Gasteiger charge is -2.46. The summed E-state index contributed by atoms with van der Waals surface area (Å²) in [6, 6.07) is 9.67. The zero-order chi connectivity index (χ0) is 29.8. The Kier molecular flexibility index (Phi) is 7.45. The van der Waals surface area contributed by atoms with Gasteiger partial charge in [0.05, 0.1) is 0 Å². The van der Waals surface area contributed by atoms with Crippen LogP contribution in [-0.2, 0) is 33.5 Å². The highest BCUT2D eigenvalue weighted by molar-refractivity contribution is 5.86. The Balaban J connectivity index is 1.50. The fourth-order valence-electron chi connectivity index (χ4n) is 7.06. The maximum Gasteiger partial charge on any atom is 0.426 e. The Hall–Kier alpha value is -3.01. The summed E-state index contributed by atoms with van der Waals surface area (Å²) < 4.78 is 69.1. The van der Waals surface area contributed by atoms with Crippen molar-refractivity contribution in [3.63, 3.8) is 0 Å². The van der Waals surface area contributed by atoms with Crippen molar-refractivity contribution in [1.29, 1.82) is 0 Å². The number of alkyl halides is 4. The molecule has 41 heavy (non-hydrogen) atoms. The number of likely N-dealkylation sites (tertiary alicyclic amines) is 2. The molecule has 2 saturated heterocycles. The second-order valence-corrected chi connectivity index (χ2v) is 11.9. The standard InChI is InChI=1S/C31H35F5N2O3/c1-3-26(39)37-15-13-30(41,14-16-37)27(40)38-17-12-29(19-20-4-8-23(32)9-5-20)24-10-7-22(28(2,33)31(34,35)36)18-21(24)6-11-25(29)38/h4-5,7-10,18,25,41H,3,6,11-17,19H2,1-2H3/t25-,28?,29-/m1/s1. The number of halogens is 5. The topological polar surface area (TPSA) is 60.9 Å². The van der Waals surface area contributed by atoms with Gasteiger partial charge in [-0.3, -0.25) is 9.59 Å². The molecule has 2 heterocycles. The number of aryl methyl sites for hydroxylation is 1. The summed E-state index contributed by atoms with van der Waals surface area (Å²) in [4.78, 5) is 29.4. The first kappa shape index (κ1) is 29.5. The van der Waals surface area contributed by atoms with Crippen molar-refractivity contribution >= 4 is 11.8 Å². The quantitative estimate of drug-likeness (QED) is 0.486. The molecular formula is C31H35F5N2O3. The summed E-state index contributed by atoms with van der Waals surface area (Å²) in [6.45, 7) is 3.17. The molecule has 3 atom stereocenters. The first-order valence-electron chi connectivity index (χ1n) is 14.2. The lowest BCUT2D eigenvalue weighted by atomic mass is 9.63. The van der Waals surface area contributed by atoms with Crippen LogP contribution in [0.5, 0.6) is 0 Å². The SMILES string of the molecule is CCC(=O)N1CCC(O)(C(=O)N2CC[C@@]3(Cc4ccc(F)cc4)c4ccc(C(C)(F)C(F)(F)F)cc4CC[C@@H]23)CC1. The van der Waals surface area contributed by atoms with Crippen molar-refractivity contribution in [1.82, 2.24) is 9.80 Å². The Morgan fingerprint density at radius 3 is 2.27 bits per heavy atom. The minimum absolute atomic E-state index is 0.0304. The van der Waals surface area contributed by atoms with Crippen LogP contribution in [0.3, 0.4) is 0 Å². The molecule has 222 valence electrons. The van der Waals surface area contributed by atoms with Gasteiger partial charge >= 0.3 is 6.18 Å². The second-order valence-electron chi connectivity index (χ2n) is 11.9. The fourth-order valence-corrected chi connectivity index (χ4v) is 7.06. The molecule has 2 fully saturated rings. The summed E-state index contributed by atoms with van der Waals surface area (Å²) in [6.07, 6.45) is -2.84. The first-order valence-corrected chi connectivity index (χ1v) is 14.2. The van der Waals surface area contributed by atoms with Gasteiger partial charge in [0.25, 0.3) is 5.91 Å². The molecule has 1 unspecified atom stereocenters. The summed E-state index contributed by atoms with van der Waals surface area (Å²) in [7, 11) is 0. The van der Waals surface area contributed by atoms with Crippen molar-refractivity contribution in [2.45, 2.75) is 87.7 Å². The number of amides is 2. The third kappa shape index (κ3) is 5.02. The van der Waals surface area contributed by atoms with E-state index in [9.17, 15) is 36.6 Å². The van der Waals surface area contributed by atoms with Crippen molar-refractivity contribution in [2.24, 2.45) is 0 Å². The van der Waals surface area contributed by atoms with E-state index in [1.807, 2.05) is 0 Å². The Bertz CT molecular complexity index is 1320. The fraction of sp³-hybridized carbons (Fsp3) is 0.548. The molecule has 1 N–H and O–H groups in total. The summed E-state index contributed by atoms with van der Waals surface area (Å²) in [5, 5.41) is 11.4. The van der Waals surface area contributed by atoms with Crippen LogP contribution in [0.2, 0.25) is 0 Å². The third-order valence-corrected chi connectivity index (χ3v) is 9.55. The maximum absolute atomic E-state index is 14.9. The smallest absolute Gasteiger partial charge is 0.380 e. The predicted molar refractivity (Wildman–Crippen MR) is 142 cm³/mol. The largest absolute Gasteiger partial charge is 0.426 e. The lowest BCUT2D eigenvalue weighted by Crippen LogP contribution is -2.58. The minimum atomic E-state index is -5.08. The maximum atomic E-state index is 14.9. The van der Waals surface area contributed by atoms with Gasteiger partial charge in [0.2, 0.25) is 11.6 Å².